The van der Waals surface area contributed by atoms with Gasteiger partial charge in [0.05, 0.1) is 7.11 Å². The van der Waals surface area contributed by atoms with Gasteiger partial charge in [-0.3, -0.25) is 0 Å². The lowest BCUT2D eigenvalue weighted by Gasteiger charge is -2.24. The molecule has 2 rings (SSSR count). The van der Waals surface area contributed by atoms with E-state index in [4.69, 9.17) is 9.47 Å². The highest BCUT2D eigenvalue weighted by atomic mass is 16.5. The average Bonchev–Trinajstić information content (AvgIpc) is 2.33. The summed E-state index contributed by atoms with van der Waals surface area (Å²) in [5, 5.41) is 3.34. The van der Waals surface area contributed by atoms with Gasteiger partial charge in [-0.1, -0.05) is 6.07 Å². The van der Waals surface area contributed by atoms with Crippen LogP contribution in [0.2, 0.25) is 0 Å². The third kappa shape index (κ3) is 2.67. The Balaban J connectivity index is 2.07. The van der Waals surface area contributed by atoms with Gasteiger partial charge >= 0.3 is 0 Å². The first-order valence-corrected chi connectivity index (χ1v) is 5.81. The van der Waals surface area contributed by atoms with Gasteiger partial charge in [-0.2, -0.15) is 0 Å². The van der Waals surface area contributed by atoms with E-state index in [1.807, 2.05) is 18.2 Å². The summed E-state index contributed by atoms with van der Waals surface area (Å²) in [6.45, 7) is 4.08. The van der Waals surface area contributed by atoms with Crippen molar-refractivity contribution in [2.24, 2.45) is 0 Å². The van der Waals surface area contributed by atoms with Crippen molar-refractivity contribution in [3.63, 3.8) is 0 Å². The van der Waals surface area contributed by atoms with Gasteiger partial charge in [-0.05, 0) is 44.0 Å². The highest BCUT2D eigenvalue weighted by Gasteiger charge is 2.16. The number of ether oxygens (including phenoxy) is 2. The highest BCUT2D eigenvalue weighted by Crippen LogP contribution is 2.29. The topological polar surface area (TPSA) is 30.5 Å². The second-order valence-electron chi connectivity index (χ2n) is 4.24. The summed E-state index contributed by atoms with van der Waals surface area (Å²) in [6.07, 6.45) is 2.56. The van der Waals surface area contributed by atoms with Crippen LogP contribution in [0.4, 0.5) is 0 Å². The molecule has 88 valence electrons. The number of aryl methyl sites for hydroxylation is 1. The molecule has 16 heavy (non-hydrogen) atoms. The molecule has 0 amide bonds. The number of rotatable bonds is 3. The first-order valence-electron chi connectivity index (χ1n) is 5.81. The Morgan fingerprint density at radius 1 is 1.31 bits per heavy atom. The summed E-state index contributed by atoms with van der Waals surface area (Å²) < 4.78 is 11.3. The number of nitrogens with one attached hydrogen (secondary N) is 1. The van der Waals surface area contributed by atoms with Crippen LogP contribution in [0, 0.1) is 6.92 Å². The van der Waals surface area contributed by atoms with E-state index in [0.29, 0.717) is 0 Å². The van der Waals surface area contributed by atoms with Crippen molar-refractivity contribution in [2.45, 2.75) is 25.9 Å². The van der Waals surface area contributed by atoms with Crippen molar-refractivity contribution >= 4 is 0 Å². The molecule has 1 saturated heterocycles. The first-order chi connectivity index (χ1) is 7.79. The number of methoxy groups -OCH3 is 1. The Bertz CT molecular complexity index is 346. The third-order valence-electron chi connectivity index (χ3n) is 2.86. The molecule has 0 spiro atoms. The number of benzene rings is 1. The van der Waals surface area contributed by atoms with Crippen LogP contribution in [0.3, 0.4) is 0 Å². The molecule has 0 aromatic heterocycles. The molecule has 1 aromatic carbocycles. The van der Waals surface area contributed by atoms with E-state index in [1.165, 1.54) is 12.0 Å². The largest absolute Gasteiger partial charge is 0.493 e. The lowest BCUT2D eigenvalue weighted by molar-refractivity contribution is 0.161. The van der Waals surface area contributed by atoms with Crippen LogP contribution in [0.15, 0.2) is 18.2 Å². The van der Waals surface area contributed by atoms with E-state index in [1.54, 1.807) is 7.11 Å². The van der Waals surface area contributed by atoms with Crippen molar-refractivity contribution in [3.8, 4) is 11.5 Å². The summed E-state index contributed by atoms with van der Waals surface area (Å²) in [5.41, 5.74) is 1.19. The van der Waals surface area contributed by atoms with E-state index in [2.05, 4.69) is 12.2 Å². The number of hydrogen-bond acceptors (Lipinski definition) is 3. The minimum atomic E-state index is 0.269. The van der Waals surface area contributed by atoms with Gasteiger partial charge in [0.2, 0.25) is 0 Å². The van der Waals surface area contributed by atoms with Crippen molar-refractivity contribution < 1.29 is 9.47 Å². The molecule has 1 aromatic rings. The molecular weight excluding hydrogens is 202 g/mol. The molecule has 1 unspecified atom stereocenters. The lowest BCUT2D eigenvalue weighted by Crippen LogP contribution is -2.37. The standard InChI is InChI=1S/C13H19NO2/c1-10-5-6-12(13(8-10)15-2)16-11-4-3-7-14-9-11/h5-6,8,11,14H,3-4,7,9H2,1-2H3. The van der Waals surface area contributed by atoms with Gasteiger partial charge in [0.25, 0.3) is 0 Å². The highest BCUT2D eigenvalue weighted by molar-refractivity contribution is 5.42. The van der Waals surface area contributed by atoms with E-state index in [9.17, 15) is 0 Å². The fraction of sp³-hybridized carbons (Fsp3) is 0.538. The monoisotopic (exact) mass is 221 g/mol. The van der Waals surface area contributed by atoms with Crippen LogP contribution in [0.1, 0.15) is 18.4 Å². The fourth-order valence-electron chi connectivity index (χ4n) is 1.97. The van der Waals surface area contributed by atoms with Crippen LogP contribution in [-0.4, -0.2) is 26.3 Å². The van der Waals surface area contributed by atoms with Crippen molar-refractivity contribution in [1.29, 1.82) is 0 Å². The molecule has 1 aliphatic heterocycles. The molecule has 3 heteroatoms. The zero-order valence-electron chi connectivity index (χ0n) is 9.95. The summed E-state index contributed by atoms with van der Waals surface area (Å²) >= 11 is 0. The molecule has 0 aliphatic carbocycles. The maximum Gasteiger partial charge on any atom is 0.161 e. The Labute approximate surface area is 96.8 Å². The zero-order chi connectivity index (χ0) is 11.4. The Hall–Kier alpha value is -1.22. The lowest BCUT2D eigenvalue weighted by atomic mass is 10.1. The third-order valence-corrected chi connectivity index (χ3v) is 2.86. The average molecular weight is 221 g/mol. The molecule has 1 fully saturated rings. The molecule has 0 saturated carbocycles. The quantitative estimate of drug-likeness (QED) is 0.848. The second kappa shape index (κ2) is 5.21. The summed E-state index contributed by atoms with van der Waals surface area (Å²) in [6, 6.07) is 6.04. The van der Waals surface area contributed by atoms with Crippen molar-refractivity contribution in [1.82, 2.24) is 5.32 Å². The minimum Gasteiger partial charge on any atom is -0.493 e. The van der Waals surface area contributed by atoms with Gasteiger partial charge in [0, 0.05) is 6.54 Å². The van der Waals surface area contributed by atoms with Crippen molar-refractivity contribution in [3.05, 3.63) is 23.8 Å². The van der Waals surface area contributed by atoms with E-state index in [0.717, 1.165) is 31.0 Å². The molecule has 3 nitrogen and oxygen atoms in total. The predicted octanol–water partition coefficient (Wildman–Crippen LogP) is 2.13. The maximum absolute atomic E-state index is 5.94. The summed E-state index contributed by atoms with van der Waals surface area (Å²) in [7, 11) is 1.68. The molecule has 1 atom stereocenters. The maximum atomic E-state index is 5.94. The molecule has 0 bridgehead atoms. The smallest absolute Gasteiger partial charge is 0.161 e. The molecule has 1 heterocycles. The Morgan fingerprint density at radius 3 is 2.88 bits per heavy atom. The molecule has 0 radical (unpaired) electrons. The minimum absolute atomic E-state index is 0.269. The van der Waals surface area contributed by atoms with E-state index in [-0.39, 0.29) is 6.10 Å². The van der Waals surface area contributed by atoms with Gasteiger partial charge < -0.3 is 14.8 Å². The van der Waals surface area contributed by atoms with Gasteiger partial charge in [-0.15, -0.1) is 0 Å². The first kappa shape index (κ1) is 11.3. The van der Waals surface area contributed by atoms with Gasteiger partial charge in [-0.25, -0.2) is 0 Å². The Kier molecular flexibility index (Phi) is 3.67. The summed E-state index contributed by atoms with van der Waals surface area (Å²) in [4.78, 5) is 0. The van der Waals surface area contributed by atoms with Crippen LogP contribution >= 0.6 is 0 Å². The van der Waals surface area contributed by atoms with Crippen LogP contribution < -0.4 is 14.8 Å². The van der Waals surface area contributed by atoms with E-state index >= 15 is 0 Å². The van der Waals surface area contributed by atoms with Gasteiger partial charge in [0.15, 0.2) is 11.5 Å². The van der Waals surface area contributed by atoms with Crippen LogP contribution in [-0.2, 0) is 0 Å². The van der Waals surface area contributed by atoms with Crippen LogP contribution in [0.25, 0.3) is 0 Å². The predicted molar refractivity (Wildman–Crippen MR) is 64.3 cm³/mol. The number of hydrogen-bond donors (Lipinski definition) is 1. The molecule has 1 N–H and O–H groups in total. The summed E-state index contributed by atoms with van der Waals surface area (Å²) in [5.74, 6) is 1.67. The molecular formula is C13H19NO2. The molecule has 1 aliphatic rings. The van der Waals surface area contributed by atoms with Crippen molar-refractivity contribution in [2.75, 3.05) is 20.2 Å². The fourth-order valence-corrected chi connectivity index (χ4v) is 1.97. The van der Waals surface area contributed by atoms with Crippen LogP contribution in [0.5, 0.6) is 11.5 Å². The van der Waals surface area contributed by atoms with Gasteiger partial charge in [0.1, 0.15) is 6.10 Å². The Morgan fingerprint density at radius 2 is 2.19 bits per heavy atom. The zero-order valence-corrected chi connectivity index (χ0v) is 9.95. The SMILES string of the molecule is COc1cc(C)ccc1OC1CCCNC1. The van der Waals surface area contributed by atoms with E-state index < -0.39 is 0 Å². The second-order valence-corrected chi connectivity index (χ2v) is 4.24. The normalized spacial score (nSPS) is 20.5. The number of piperidine rings is 1.